The summed E-state index contributed by atoms with van der Waals surface area (Å²) in [6.45, 7) is 0. The predicted molar refractivity (Wildman–Crippen MR) is 90.1 cm³/mol. The Morgan fingerprint density at radius 2 is 2.09 bits per heavy atom. The molecule has 1 aromatic heterocycles. The van der Waals surface area contributed by atoms with Gasteiger partial charge in [-0.2, -0.15) is 5.26 Å². The van der Waals surface area contributed by atoms with Gasteiger partial charge in [0.1, 0.15) is 5.82 Å². The van der Waals surface area contributed by atoms with E-state index < -0.39 is 0 Å². The Hall–Kier alpha value is -2.35. The maximum atomic E-state index is 11.0. The Kier molecular flexibility index (Phi) is 4.08. The van der Waals surface area contributed by atoms with Crippen molar-refractivity contribution in [2.24, 2.45) is 7.05 Å². The highest BCUT2D eigenvalue weighted by Gasteiger charge is 2.15. The Balaban J connectivity index is 2.11. The van der Waals surface area contributed by atoms with Gasteiger partial charge in [0.05, 0.1) is 27.7 Å². The molecule has 0 aliphatic carbocycles. The first kappa shape index (κ1) is 15.5. The summed E-state index contributed by atoms with van der Waals surface area (Å²) in [6.07, 6.45) is 1.10. The van der Waals surface area contributed by atoms with Gasteiger partial charge in [0.2, 0.25) is 0 Å². The second kappa shape index (κ2) is 6.04. The van der Waals surface area contributed by atoms with Gasteiger partial charge in [-0.3, -0.25) is 4.79 Å². The molecular formula is C17H11Cl2N3O. The van der Waals surface area contributed by atoms with Crippen molar-refractivity contribution >= 4 is 40.5 Å². The molecule has 23 heavy (non-hydrogen) atoms. The van der Waals surface area contributed by atoms with Crippen molar-refractivity contribution in [2.45, 2.75) is 6.42 Å². The molecule has 2 aromatic carbocycles. The molecule has 114 valence electrons. The molecule has 6 heteroatoms. The van der Waals surface area contributed by atoms with Crippen LogP contribution in [0.1, 0.15) is 27.3 Å². The highest BCUT2D eigenvalue weighted by molar-refractivity contribution is 6.37. The fourth-order valence-electron chi connectivity index (χ4n) is 2.50. The van der Waals surface area contributed by atoms with E-state index in [1.807, 2.05) is 17.7 Å². The lowest BCUT2D eigenvalue weighted by atomic mass is 10.1. The average molecular weight is 344 g/mol. The molecule has 3 rings (SSSR count). The highest BCUT2D eigenvalue weighted by atomic mass is 35.5. The number of fused-ring (bicyclic) bond motifs is 1. The van der Waals surface area contributed by atoms with Crippen LogP contribution in [0.15, 0.2) is 30.3 Å². The van der Waals surface area contributed by atoms with Crippen molar-refractivity contribution < 1.29 is 4.79 Å². The molecule has 0 unspecified atom stereocenters. The summed E-state index contributed by atoms with van der Waals surface area (Å²) in [4.78, 5) is 15.6. The molecule has 0 fully saturated rings. The summed E-state index contributed by atoms with van der Waals surface area (Å²) in [5.74, 6) is 0.752. The maximum absolute atomic E-state index is 11.0. The number of rotatable bonds is 3. The van der Waals surface area contributed by atoms with Gasteiger partial charge >= 0.3 is 0 Å². The van der Waals surface area contributed by atoms with Crippen LogP contribution in [0.4, 0.5) is 0 Å². The first-order chi connectivity index (χ1) is 11.0. The second-order valence-corrected chi connectivity index (χ2v) is 5.91. The van der Waals surface area contributed by atoms with Crippen molar-refractivity contribution in [2.75, 3.05) is 0 Å². The number of carbonyl (C=O) groups is 1. The van der Waals surface area contributed by atoms with Crippen LogP contribution in [-0.2, 0) is 13.5 Å². The summed E-state index contributed by atoms with van der Waals surface area (Å²) >= 11 is 12.5. The third-order valence-electron chi connectivity index (χ3n) is 3.78. The fraction of sp³-hybridized carbons (Fsp3) is 0.118. The maximum Gasteiger partial charge on any atom is 0.151 e. The number of aryl methyl sites for hydroxylation is 1. The molecule has 0 radical (unpaired) electrons. The number of nitriles is 1. The smallest absolute Gasteiger partial charge is 0.151 e. The molecule has 0 N–H and O–H groups in total. The van der Waals surface area contributed by atoms with Gasteiger partial charge in [0, 0.05) is 24.1 Å². The quantitative estimate of drug-likeness (QED) is 0.671. The predicted octanol–water partition coefficient (Wildman–Crippen LogP) is 4.16. The summed E-state index contributed by atoms with van der Waals surface area (Å²) in [5, 5.41) is 9.82. The summed E-state index contributed by atoms with van der Waals surface area (Å²) < 4.78 is 1.93. The normalized spacial score (nSPS) is 10.7. The average Bonchev–Trinajstić information content (AvgIpc) is 2.87. The largest absolute Gasteiger partial charge is 0.331 e. The minimum Gasteiger partial charge on any atom is -0.331 e. The molecule has 0 saturated heterocycles. The van der Waals surface area contributed by atoms with E-state index in [-0.39, 0.29) is 0 Å². The molecule has 0 bridgehead atoms. The standard InChI is InChI=1S/C17H11Cl2N3O/c1-22-15-5-2-10(8-20)6-14(15)21-16(22)7-12-13(18)4-3-11(9-23)17(12)19/h2-6,9H,7H2,1H3. The van der Waals surface area contributed by atoms with Crippen LogP contribution in [0.3, 0.4) is 0 Å². The van der Waals surface area contributed by atoms with Crippen LogP contribution in [-0.4, -0.2) is 15.8 Å². The van der Waals surface area contributed by atoms with Crippen molar-refractivity contribution in [1.29, 1.82) is 5.26 Å². The number of carbonyl (C=O) groups excluding carboxylic acids is 1. The lowest BCUT2D eigenvalue weighted by molar-refractivity contribution is 0.112. The van der Waals surface area contributed by atoms with E-state index in [0.29, 0.717) is 39.4 Å². The van der Waals surface area contributed by atoms with Gasteiger partial charge in [0.15, 0.2) is 6.29 Å². The van der Waals surface area contributed by atoms with Crippen molar-refractivity contribution in [1.82, 2.24) is 9.55 Å². The number of benzene rings is 2. The van der Waals surface area contributed by atoms with Crippen LogP contribution in [0.5, 0.6) is 0 Å². The van der Waals surface area contributed by atoms with E-state index in [2.05, 4.69) is 11.1 Å². The van der Waals surface area contributed by atoms with Gasteiger partial charge < -0.3 is 4.57 Å². The number of nitrogens with zero attached hydrogens (tertiary/aromatic N) is 3. The zero-order valence-corrected chi connectivity index (χ0v) is 13.7. The minimum absolute atomic E-state index is 0.345. The second-order valence-electron chi connectivity index (χ2n) is 5.13. The van der Waals surface area contributed by atoms with Crippen LogP contribution < -0.4 is 0 Å². The van der Waals surface area contributed by atoms with E-state index in [4.69, 9.17) is 28.5 Å². The number of hydrogen-bond donors (Lipinski definition) is 0. The van der Waals surface area contributed by atoms with Crippen LogP contribution >= 0.6 is 23.2 Å². The lowest BCUT2D eigenvalue weighted by Crippen LogP contribution is -2.01. The zero-order valence-electron chi connectivity index (χ0n) is 12.2. The van der Waals surface area contributed by atoms with Crippen molar-refractivity contribution in [3.63, 3.8) is 0 Å². The molecule has 0 saturated carbocycles. The Bertz CT molecular complexity index is 970. The molecular weight excluding hydrogens is 333 g/mol. The monoisotopic (exact) mass is 343 g/mol. The summed E-state index contributed by atoms with van der Waals surface area (Å²) in [7, 11) is 1.89. The van der Waals surface area contributed by atoms with Crippen LogP contribution in [0.25, 0.3) is 11.0 Å². The number of hydrogen-bond acceptors (Lipinski definition) is 3. The molecule has 0 aliphatic heterocycles. The SMILES string of the molecule is Cn1c(Cc2c(Cl)ccc(C=O)c2Cl)nc2cc(C#N)ccc21. The Morgan fingerprint density at radius 1 is 1.30 bits per heavy atom. The lowest BCUT2D eigenvalue weighted by Gasteiger charge is -2.09. The first-order valence-corrected chi connectivity index (χ1v) is 7.58. The summed E-state index contributed by atoms with van der Waals surface area (Å²) in [6, 6.07) is 10.7. The molecule has 0 atom stereocenters. The van der Waals surface area contributed by atoms with Gasteiger partial charge in [-0.1, -0.05) is 23.2 Å². The fourth-order valence-corrected chi connectivity index (χ4v) is 3.05. The van der Waals surface area contributed by atoms with E-state index in [1.165, 1.54) is 0 Å². The first-order valence-electron chi connectivity index (χ1n) is 6.82. The third-order valence-corrected chi connectivity index (χ3v) is 4.58. The minimum atomic E-state index is 0.345. The van der Waals surface area contributed by atoms with E-state index in [1.54, 1.807) is 24.3 Å². The molecule has 0 spiro atoms. The third kappa shape index (κ3) is 2.70. The van der Waals surface area contributed by atoms with E-state index in [9.17, 15) is 4.79 Å². The van der Waals surface area contributed by atoms with Crippen LogP contribution in [0, 0.1) is 11.3 Å². The number of aromatic nitrogens is 2. The molecule has 1 heterocycles. The molecule has 0 amide bonds. The topological polar surface area (TPSA) is 58.7 Å². The van der Waals surface area contributed by atoms with Gasteiger partial charge in [-0.05, 0) is 35.9 Å². The highest BCUT2D eigenvalue weighted by Crippen LogP contribution is 2.30. The van der Waals surface area contributed by atoms with Gasteiger partial charge in [0.25, 0.3) is 0 Å². The Morgan fingerprint density at radius 3 is 2.78 bits per heavy atom. The van der Waals surface area contributed by atoms with Gasteiger partial charge in [-0.25, -0.2) is 4.98 Å². The molecule has 3 aromatic rings. The van der Waals surface area contributed by atoms with Crippen LogP contribution in [0.2, 0.25) is 10.0 Å². The van der Waals surface area contributed by atoms with Crippen molar-refractivity contribution in [3.05, 3.63) is 62.9 Å². The van der Waals surface area contributed by atoms with E-state index in [0.717, 1.165) is 16.9 Å². The molecule has 4 nitrogen and oxygen atoms in total. The van der Waals surface area contributed by atoms with Crippen molar-refractivity contribution in [3.8, 4) is 6.07 Å². The molecule has 0 aliphatic rings. The number of halogens is 2. The zero-order chi connectivity index (χ0) is 16.6. The number of aldehydes is 1. The number of imidazole rings is 1. The summed E-state index contributed by atoms with van der Waals surface area (Å²) in [5.41, 5.74) is 3.27. The van der Waals surface area contributed by atoms with E-state index >= 15 is 0 Å². The Labute approximate surface area is 142 Å². The van der Waals surface area contributed by atoms with Gasteiger partial charge in [-0.15, -0.1) is 0 Å².